The summed E-state index contributed by atoms with van der Waals surface area (Å²) in [5.41, 5.74) is 0. The molecule has 20 heavy (non-hydrogen) atoms. The van der Waals surface area contributed by atoms with Crippen molar-refractivity contribution < 1.29 is 14.5 Å². The zero-order valence-electron chi connectivity index (χ0n) is 12.7. The van der Waals surface area contributed by atoms with E-state index in [2.05, 4.69) is 6.92 Å². The lowest BCUT2D eigenvalue weighted by atomic mass is 10.1. The van der Waals surface area contributed by atoms with Crippen molar-refractivity contribution in [2.24, 2.45) is 0 Å². The number of unbranched alkanes of at least 4 members (excludes halogenated alkanes) is 6. The summed E-state index contributed by atoms with van der Waals surface area (Å²) in [6.45, 7) is 3.90. The first-order valence-corrected chi connectivity index (χ1v) is 7.85. The SMILES string of the molecule is CCCCCCCCCOOCCOc1ccccc1. The fourth-order valence-corrected chi connectivity index (χ4v) is 1.95. The van der Waals surface area contributed by atoms with Crippen molar-refractivity contribution in [3.05, 3.63) is 30.3 Å². The zero-order chi connectivity index (χ0) is 14.3. The quantitative estimate of drug-likeness (QED) is 0.296. The monoisotopic (exact) mass is 280 g/mol. The van der Waals surface area contributed by atoms with Crippen molar-refractivity contribution in [3.63, 3.8) is 0 Å². The van der Waals surface area contributed by atoms with E-state index in [1.54, 1.807) is 0 Å². The Morgan fingerprint density at radius 2 is 1.35 bits per heavy atom. The van der Waals surface area contributed by atoms with E-state index in [0.29, 0.717) is 19.8 Å². The summed E-state index contributed by atoms with van der Waals surface area (Å²) in [5.74, 6) is 0.864. The van der Waals surface area contributed by atoms with E-state index in [1.165, 1.54) is 38.5 Å². The molecule has 0 saturated heterocycles. The van der Waals surface area contributed by atoms with Crippen molar-refractivity contribution in [2.45, 2.75) is 51.9 Å². The maximum atomic E-state index is 5.48. The highest BCUT2D eigenvalue weighted by atomic mass is 17.2. The van der Waals surface area contributed by atoms with Gasteiger partial charge in [0.05, 0.1) is 6.61 Å². The first-order valence-electron chi connectivity index (χ1n) is 7.85. The van der Waals surface area contributed by atoms with Gasteiger partial charge in [0.2, 0.25) is 0 Å². The molecule has 0 aromatic heterocycles. The van der Waals surface area contributed by atoms with Gasteiger partial charge < -0.3 is 4.74 Å². The highest BCUT2D eigenvalue weighted by Crippen LogP contribution is 2.08. The van der Waals surface area contributed by atoms with Crippen LogP contribution in [0.3, 0.4) is 0 Å². The van der Waals surface area contributed by atoms with Gasteiger partial charge in [-0.1, -0.05) is 63.6 Å². The molecule has 0 aliphatic heterocycles. The number of para-hydroxylation sites is 1. The summed E-state index contributed by atoms with van der Waals surface area (Å²) in [7, 11) is 0. The van der Waals surface area contributed by atoms with Gasteiger partial charge in [-0.25, -0.2) is 9.78 Å². The van der Waals surface area contributed by atoms with Gasteiger partial charge in [0.1, 0.15) is 19.0 Å². The molecule has 0 amide bonds. The van der Waals surface area contributed by atoms with Gasteiger partial charge in [0.25, 0.3) is 0 Å². The van der Waals surface area contributed by atoms with E-state index >= 15 is 0 Å². The highest BCUT2D eigenvalue weighted by molar-refractivity contribution is 5.20. The Kier molecular flexibility index (Phi) is 11.0. The average molecular weight is 280 g/mol. The second-order valence-corrected chi connectivity index (χ2v) is 4.93. The van der Waals surface area contributed by atoms with Crippen molar-refractivity contribution in [2.75, 3.05) is 19.8 Å². The average Bonchev–Trinajstić information content (AvgIpc) is 2.49. The van der Waals surface area contributed by atoms with Crippen molar-refractivity contribution in [1.82, 2.24) is 0 Å². The Morgan fingerprint density at radius 3 is 2.10 bits per heavy atom. The summed E-state index contributed by atoms with van der Waals surface area (Å²) in [6.07, 6.45) is 8.99. The molecule has 1 aromatic carbocycles. The lowest BCUT2D eigenvalue weighted by Crippen LogP contribution is -2.07. The highest BCUT2D eigenvalue weighted by Gasteiger charge is 1.94. The van der Waals surface area contributed by atoms with Gasteiger partial charge in [0, 0.05) is 0 Å². The van der Waals surface area contributed by atoms with Crippen LogP contribution in [-0.2, 0) is 9.78 Å². The number of rotatable bonds is 13. The maximum Gasteiger partial charge on any atom is 0.119 e. The Balaban J connectivity index is 1.77. The molecule has 0 aliphatic rings. The summed E-state index contributed by atoms with van der Waals surface area (Å²) in [4.78, 5) is 10.2. The Morgan fingerprint density at radius 1 is 0.700 bits per heavy atom. The third kappa shape index (κ3) is 9.82. The van der Waals surface area contributed by atoms with Crippen LogP contribution >= 0.6 is 0 Å². The van der Waals surface area contributed by atoms with Crippen molar-refractivity contribution in [1.29, 1.82) is 0 Å². The van der Waals surface area contributed by atoms with Gasteiger partial charge in [-0.15, -0.1) is 0 Å². The van der Waals surface area contributed by atoms with Crippen LogP contribution in [-0.4, -0.2) is 19.8 Å². The minimum atomic E-state index is 0.464. The van der Waals surface area contributed by atoms with E-state index in [4.69, 9.17) is 14.5 Å². The second kappa shape index (κ2) is 12.9. The molecule has 0 fully saturated rings. The Labute approximate surface area is 123 Å². The third-order valence-electron chi connectivity index (χ3n) is 3.09. The van der Waals surface area contributed by atoms with Crippen LogP contribution in [0.15, 0.2) is 30.3 Å². The van der Waals surface area contributed by atoms with Crippen LogP contribution in [0, 0.1) is 0 Å². The lowest BCUT2D eigenvalue weighted by Gasteiger charge is -2.06. The van der Waals surface area contributed by atoms with Gasteiger partial charge in [-0.05, 0) is 18.6 Å². The van der Waals surface area contributed by atoms with Gasteiger partial charge >= 0.3 is 0 Å². The maximum absolute atomic E-state index is 5.48. The lowest BCUT2D eigenvalue weighted by molar-refractivity contribution is -0.297. The molecule has 0 spiro atoms. The number of ether oxygens (including phenoxy) is 1. The molecular weight excluding hydrogens is 252 g/mol. The molecule has 0 unspecified atom stereocenters. The predicted molar refractivity (Wildman–Crippen MR) is 81.8 cm³/mol. The molecular formula is C17H28O3. The van der Waals surface area contributed by atoms with Gasteiger partial charge in [0.15, 0.2) is 0 Å². The van der Waals surface area contributed by atoms with Crippen LogP contribution in [0.5, 0.6) is 5.75 Å². The van der Waals surface area contributed by atoms with E-state index in [-0.39, 0.29) is 0 Å². The van der Waals surface area contributed by atoms with Crippen LogP contribution in [0.2, 0.25) is 0 Å². The van der Waals surface area contributed by atoms with Crippen LogP contribution in [0.1, 0.15) is 51.9 Å². The van der Waals surface area contributed by atoms with Crippen molar-refractivity contribution >= 4 is 0 Å². The molecule has 114 valence electrons. The standard InChI is InChI=1S/C17H28O3/c1-2-3-4-5-6-7-11-14-19-20-16-15-18-17-12-9-8-10-13-17/h8-10,12-13H,2-7,11,14-16H2,1H3. The normalized spacial score (nSPS) is 10.7. The van der Waals surface area contributed by atoms with Crippen molar-refractivity contribution in [3.8, 4) is 5.75 Å². The molecule has 3 heteroatoms. The third-order valence-corrected chi connectivity index (χ3v) is 3.09. The molecule has 0 atom stereocenters. The Hall–Kier alpha value is -1.06. The van der Waals surface area contributed by atoms with Crippen LogP contribution < -0.4 is 4.74 Å². The summed E-state index contributed by atoms with van der Waals surface area (Å²) in [6, 6.07) is 9.73. The van der Waals surface area contributed by atoms with E-state index in [9.17, 15) is 0 Å². The van der Waals surface area contributed by atoms with Crippen LogP contribution in [0.4, 0.5) is 0 Å². The van der Waals surface area contributed by atoms with Crippen LogP contribution in [0.25, 0.3) is 0 Å². The summed E-state index contributed by atoms with van der Waals surface area (Å²) >= 11 is 0. The first-order chi connectivity index (χ1) is 9.93. The molecule has 3 nitrogen and oxygen atoms in total. The largest absolute Gasteiger partial charge is 0.491 e. The summed E-state index contributed by atoms with van der Waals surface area (Å²) in [5, 5.41) is 0. The van der Waals surface area contributed by atoms with Gasteiger partial charge in [-0.2, -0.15) is 0 Å². The molecule has 0 N–H and O–H groups in total. The molecule has 0 heterocycles. The molecule has 0 aliphatic carbocycles. The number of hydrogen-bond donors (Lipinski definition) is 0. The fourth-order valence-electron chi connectivity index (χ4n) is 1.95. The summed E-state index contributed by atoms with van der Waals surface area (Å²) < 4.78 is 5.48. The Bertz CT molecular complexity index is 300. The molecule has 1 aromatic rings. The van der Waals surface area contributed by atoms with E-state index < -0.39 is 0 Å². The minimum absolute atomic E-state index is 0.464. The second-order valence-electron chi connectivity index (χ2n) is 4.93. The minimum Gasteiger partial charge on any atom is -0.491 e. The topological polar surface area (TPSA) is 27.7 Å². The van der Waals surface area contributed by atoms with E-state index in [0.717, 1.165) is 12.2 Å². The number of hydrogen-bond acceptors (Lipinski definition) is 3. The predicted octanol–water partition coefficient (Wildman–Crippen LogP) is 4.76. The molecule has 0 bridgehead atoms. The molecule has 0 radical (unpaired) electrons. The van der Waals surface area contributed by atoms with E-state index in [1.807, 2.05) is 30.3 Å². The fraction of sp³-hybridized carbons (Fsp3) is 0.647. The molecule has 0 saturated carbocycles. The molecule has 1 rings (SSSR count). The number of benzene rings is 1. The zero-order valence-corrected chi connectivity index (χ0v) is 12.7. The smallest absolute Gasteiger partial charge is 0.119 e. The van der Waals surface area contributed by atoms with Gasteiger partial charge in [-0.3, -0.25) is 0 Å². The first kappa shape index (κ1) is 17.0.